The molecular weight excluding hydrogens is 606 g/mol. The second-order valence-corrected chi connectivity index (χ2v) is 13.4. The molecule has 0 saturated heterocycles. The Hall–Kier alpha value is -3.74. The molecule has 232 valence electrons. The van der Waals surface area contributed by atoms with Crippen molar-refractivity contribution in [3.05, 3.63) is 69.4 Å². The molecular formula is C31H34ClN5O6S. The molecule has 6 rings (SSSR count). The number of halogens is 1. The second-order valence-electron chi connectivity index (χ2n) is 11.1. The highest BCUT2D eigenvalue weighted by atomic mass is 35.5. The average Bonchev–Trinajstić information content (AvgIpc) is 3.61. The quantitative estimate of drug-likeness (QED) is 0.252. The number of benzene rings is 2. The summed E-state index contributed by atoms with van der Waals surface area (Å²) in [5.74, 6) is 0.0145. The van der Waals surface area contributed by atoms with Gasteiger partial charge in [0.15, 0.2) is 0 Å². The van der Waals surface area contributed by atoms with Crippen LogP contribution in [0.1, 0.15) is 60.4 Å². The number of fused-ring (bicyclic) bond motifs is 3. The number of rotatable bonds is 8. The molecule has 4 aromatic rings. The predicted molar refractivity (Wildman–Crippen MR) is 164 cm³/mol. The highest BCUT2D eigenvalue weighted by Crippen LogP contribution is 2.41. The summed E-state index contributed by atoms with van der Waals surface area (Å²) in [4.78, 5) is 17.1. The van der Waals surface area contributed by atoms with Gasteiger partial charge in [0.1, 0.15) is 22.3 Å². The van der Waals surface area contributed by atoms with Crippen LogP contribution in [-0.2, 0) is 39.6 Å². The van der Waals surface area contributed by atoms with E-state index in [9.17, 15) is 13.2 Å². The zero-order chi connectivity index (χ0) is 31.2. The van der Waals surface area contributed by atoms with Crippen LogP contribution in [0.3, 0.4) is 0 Å². The van der Waals surface area contributed by atoms with Crippen LogP contribution in [-0.4, -0.2) is 64.5 Å². The standard InChI is InChI=1S/C31H34ClN5O6S/c1-5-23-17-37(44(39,40)27-13-22(32)15-33-31(27)43-23)16-21-12-20(11-19-9-10-42-30(19)21)25(14-28(38)41-6-2)24-7-8-26-29(18(24)3)34-35-36(26)4/h7-8,11-13,15,23,25H,5-6,9-10,14,16-17H2,1-4H3/t23-,25?/m1/s1. The van der Waals surface area contributed by atoms with E-state index in [0.717, 1.165) is 33.3 Å². The van der Waals surface area contributed by atoms with Gasteiger partial charge in [0.05, 0.1) is 36.7 Å². The monoisotopic (exact) mass is 639 g/mol. The summed E-state index contributed by atoms with van der Waals surface area (Å²) < 4.78 is 48.6. The number of aryl methyl sites for hydroxylation is 2. The third-order valence-electron chi connectivity index (χ3n) is 8.31. The van der Waals surface area contributed by atoms with Gasteiger partial charge in [-0.3, -0.25) is 4.79 Å². The normalized spacial score (nSPS) is 18.2. The number of hydrogen-bond donors (Lipinski definition) is 0. The minimum atomic E-state index is -4.03. The lowest BCUT2D eigenvalue weighted by molar-refractivity contribution is -0.143. The molecule has 0 N–H and O–H groups in total. The molecule has 0 aliphatic carbocycles. The van der Waals surface area contributed by atoms with E-state index in [0.29, 0.717) is 30.8 Å². The Morgan fingerprint density at radius 3 is 2.82 bits per heavy atom. The van der Waals surface area contributed by atoms with E-state index < -0.39 is 16.1 Å². The summed E-state index contributed by atoms with van der Waals surface area (Å²) >= 11 is 6.17. The third-order valence-corrected chi connectivity index (χ3v) is 10.3. The topological polar surface area (TPSA) is 126 Å². The number of pyridine rings is 1. The number of carbonyl (C=O) groups is 1. The average molecular weight is 640 g/mol. The molecule has 4 heterocycles. The van der Waals surface area contributed by atoms with Crippen molar-refractivity contribution in [2.24, 2.45) is 7.05 Å². The minimum Gasteiger partial charge on any atom is -0.493 e. The maximum Gasteiger partial charge on any atom is 0.306 e. The number of esters is 1. The van der Waals surface area contributed by atoms with Crippen molar-refractivity contribution in [2.45, 2.75) is 63.5 Å². The largest absolute Gasteiger partial charge is 0.493 e. The lowest BCUT2D eigenvalue weighted by Gasteiger charge is -2.25. The van der Waals surface area contributed by atoms with Crippen molar-refractivity contribution in [3.63, 3.8) is 0 Å². The molecule has 2 aliphatic rings. The molecule has 2 atom stereocenters. The summed E-state index contributed by atoms with van der Waals surface area (Å²) in [6, 6.07) is 9.35. The number of sulfonamides is 1. The van der Waals surface area contributed by atoms with Gasteiger partial charge < -0.3 is 14.2 Å². The predicted octanol–water partition coefficient (Wildman–Crippen LogP) is 4.71. The summed E-state index contributed by atoms with van der Waals surface area (Å²) in [6.45, 7) is 6.62. The van der Waals surface area contributed by atoms with E-state index >= 15 is 0 Å². The summed E-state index contributed by atoms with van der Waals surface area (Å²) in [5.41, 5.74) is 6.02. The van der Waals surface area contributed by atoms with E-state index in [1.165, 1.54) is 16.6 Å². The molecule has 44 heavy (non-hydrogen) atoms. The second kappa shape index (κ2) is 12.0. The fraction of sp³-hybridized carbons (Fsp3) is 0.419. The van der Waals surface area contributed by atoms with Crippen LogP contribution >= 0.6 is 11.6 Å². The van der Waals surface area contributed by atoms with Crippen LogP contribution in [0.15, 0.2) is 41.4 Å². The molecule has 0 spiro atoms. The molecule has 2 aromatic heterocycles. The van der Waals surface area contributed by atoms with Crippen molar-refractivity contribution in [2.75, 3.05) is 19.8 Å². The minimum absolute atomic E-state index is 0.0403. The van der Waals surface area contributed by atoms with Crippen LogP contribution in [0, 0.1) is 6.92 Å². The van der Waals surface area contributed by atoms with Crippen molar-refractivity contribution in [1.29, 1.82) is 0 Å². The van der Waals surface area contributed by atoms with Crippen LogP contribution in [0.5, 0.6) is 11.6 Å². The van der Waals surface area contributed by atoms with Gasteiger partial charge in [0.2, 0.25) is 15.9 Å². The van der Waals surface area contributed by atoms with Crippen molar-refractivity contribution in [1.82, 2.24) is 24.3 Å². The Morgan fingerprint density at radius 2 is 2.05 bits per heavy atom. The number of aromatic nitrogens is 4. The van der Waals surface area contributed by atoms with Crippen LogP contribution in [0.2, 0.25) is 5.02 Å². The number of ether oxygens (including phenoxy) is 3. The highest BCUT2D eigenvalue weighted by Gasteiger charge is 2.37. The van der Waals surface area contributed by atoms with E-state index in [4.69, 9.17) is 25.8 Å². The zero-order valence-electron chi connectivity index (χ0n) is 25.0. The molecule has 0 fully saturated rings. The first-order valence-corrected chi connectivity index (χ1v) is 16.5. The summed E-state index contributed by atoms with van der Waals surface area (Å²) in [6.07, 6.45) is 2.32. The molecule has 1 unspecified atom stereocenters. The molecule has 0 bridgehead atoms. The fourth-order valence-corrected chi connectivity index (χ4v) is 7.82. The van der Waals surface area contributed by atoms with Gasteiger partial charge >= 0.3 is 5.97 Å². The molecule has 11 nitrogen and oxygen atoms in total. The Labute approximate surface area is 261 Å². The molecule has 0 amide bonds. The van der Waals surface area contributed by atoms with E-state index in [1.807, 2.05) is 39.1 Å². The van der Waals surface area contributed by atoms with Gasteiger partial charge in [0.25, 0.3) is 0 Å². The first-order chi connectivity index (χ1) is 21.1. The van der Waals surface area contributed by atoms with E-state index in [1.54, 1.807) is 11.6 Å². The summed E-state index contributed by atoms with van der Waals surface area (Å²) in [5, 5.41) is 8.74. The SMILES string of the molecule is CCOC(=O)CC(c1cc2c(c(CN3C[C@@H](CC)Oc4ncc(Cl)cc4S3(=O)=O)c1)OCC2)c1ccc2c(nnn2C)c1C. The van der Waals surface area contributed by atoms with Crippen molar-refractivity contribution < 1.29 is 27.4 Å². The van der Waals surface area contributed by atoms with Gasteiger partial charge in [0, 0.05) is 37.7 Å². The molecule has 0 radical (unpaired) electrons. The number of hydrogen-bond acceptors (Lipinski definition) is 9. The Balaban J connectivity index is 1.46. The van der Waals surface area contributed by atoms with Crippen LogP contribution < -0.4 is 9.47 Å². The lowest BCUT2D eigenvalue weighted by Crippen LogP contribution is -2.36. The first-order valence-electron chi connectivity index (χ1n) is 14.7. The smallest absolute Gasteiger partial charge is 0.306 e. The first kappa shape index (κ1) is 30.3. The fourth-order valence-electron chi connectivity index (χ4n) is 6.05. The Bertz CT molecular complexity index is 1860. The third kappa shape index (κ3) is 5.50. The van der Waals surface area contributed by atoms with Gasteiger partial charge in [-0.05, 0) is 54.7 Å². The Morgan fingerprint density at radius 1 is 1.23 bits per heavy atom. The van der Waals surface area contributed by atoms with Gasteiger partial charge in [-0.2, -0.15) is 4.31 Å². The number of carbonyl (C=O) groups excluding carboxylic acids is 1. The van der Waals surface area contributed by atoms with E-state index in [-0.39, 0.29) is 53.8 Å². The molecule has 13 heteroatoms. The highest BCUT2D eigenvalue weighted by molar-refractivity contribution is 7.89. The van der Waals surface area contributed by atoms with Crippen molar-refractivity contribution >= 4 is 38.6 Å². The molecule has 0 saturated carbocycles. The zero-order valence-corrected chi connectivity index (χ0v) is 26.6. The Kier molecular flexibility index (Phi) is 8.25. The molecule has 2 aromatic carbocycles. The lowest BCUT2D eigenvalue weighted by atomic mass is 9.84. The van der Waals surface area contributed by atoms with Crippen LogP contribution in [0.4, 0.5) is 0 Å². The van der Waals surface area contributed by atoms with Crippen molar-refractivity contribution in [3.8, 4) is 11.6 Å². The van der Waals surface area contributed by atoms with Gasteiger partial charge in [-0.15, -0.1) is 5.10 Å². The molecule has 2 aliphatic heterocycles. The maximum atomic E-state index is 14.0. The van der Waals surface area contributed by atoms with Gasteiger partial charge in [-0.25, -0.2) is 18.1 Å². The van der Waals surface area contributed by atoms with E-state index in [2.05, 4.69) is 21.4 Å². The number of nitrogens with zero attached hydrogens (tertiary/aromatic N) is 5. The van der Waals surface area contributed by atoms with Crippen LogP contribution in [0.25, 0.3) is 11.0 Å². The van der Waals surface area contributed by atoms with Gasteiger partial charge in [-0.1, -0.05) is 41.9 Å². The summed E-state index contributed by atoms with van der Waals surface area (Å²) in [7, 11) is -2.19. The maximum absolute atomic E-state index is 14.0.